The van der Waals surface area contributed by atoms with Crippen LogP contribution in [-0.4, -0.2) is 24.2 Å². The zero-order valence-electron chi connectivity index (χ0n) is 10.9. The molecule has 2 aromatic rings. The fourth-order valence-corrected chi connectivity index (χ4v) is 1.70. The van der Waals surface area contributed by atoms with E-state index in [0.717, 1.165) is 16.5 Å². The Labute approximate surface area is 107 Å². The van der Waals surface area contributed by atoms with Gasteiger partial charge in [0, 0.05) is 22.5 Å². The SMILES string of the molecule is COc1cccc2c(OCC(C)(C)N)nccc12. The number of nitrogens with two attached hydrogens (primary N) is 1. The van der Waals surface area contributed by atoms with Crippen molar-refractivity contribution in [2.24, 2.45) is 5.73 Å². The second-order valence-electron chi connectivity index (χ2n) is 4.95. The van der Waals surface area contributed by atoms with Crippen LogP contribution in [-0.2, 0) is 0 Å². The summed E-state index contributed by atoms with van der Waals surface area (Å²) in [5, 5.41) is 1.92. The number of nitrogens with zero attached hydrogens (tertiary/aromatic N) is 1. The lowest BCUT2D eigenvalue weighted by Gasteiger charge is -2.19. The van der Waals surface area contributed by atoms with Gasteiger partial charge in [-0.25, -0.2) is 4.98 Å². The molecule has 0 aliphatic heterocycles. The first-order valence-corrected chi connectivity index (χ1v) is 5.85. The van der Waals surface area contributed by atoms with Crippen LogP contribution >= 0.6 is 0 Å². The second-order valence-corrected chi connectivity index (χ2v) is 4.95. The molecular weight excluding hydrogens is 228 g/mol. The first-order chi connectivity index (χ1) is 8.51. The molecule has 18 heavy (non-hydrogen) atoms. The molecular formula is C14H18N2O2. The molecule has 0 saturated carbocycles. The predicted molar refractivity (Wildman–Crippen MR) is 72.1 cm³/mol. The summed E-state index contributed by atoms with van der Waals surface area (Å²) in [4.78, 5) is 4.25. The number of benzene rings is 1. The summed E-state index contributed by atoms with van der Waals surface area (Å²) in [5.74, 6) is 1.40. The minimum Gasteiger partial charge on any atom is -0.496 e. The van der Waals surface area contributed by atoms with E-state index in [-0.39, 0.29) is 5.54 Å². The molecule has 0 unspecified atom stereocenters. The third-order valence-electron chi connectivity index (χ3n) is 2.53. The van der Waals surface area contributed by atoms with Crippen molar-refractivity contribution in [3.8, 4) is 11.6 Å². The highest BCUT2D eigenvalue weighted by Gasteiger charge is 2.14. The largest absolute Gasteiger partial charge is 0.496 e. The lowest BCUT2D eigenvalue weighted by molar-refractivity contribution is 0.238. The number of rotatable bonds is 4. The Balaban J connectivity index is 2.40. The van der Waals surface area contributed by atoms with Gasteiger partial charge in [0.15, 0.2) is 0 Å². The van der Waals surface area contributed by atoms with E-state index in [0.29, 0.717) is 12.5 Å². The zero-order chi connectivity index (χ0) is 13.2. The van der Waals surface area contributed by atoms with Crippen molar-refractivity contribution in [2.45, 2.75) is 19.4 Å². The lowest BCUT2D eigenvalue weighted by atomic mass is 10.1. The summed E-state index contributed by atoms with van der Waals surface area (Å²) < 4.78 is 11.0. The number of methoxy groups -OCH3 is 1. The van der Waals surface area contributed by atoms with E-state index in [1.807, 2.05) is 38.1 Å². The molecule has 0 amide bonds. The molecule has 1 heterocycles. The van der Waals surface area contributed by atoms with Gasteiger partial charge in [0.05, 0.1) is 7.11 Å². The molecule has 96 valence electrons. The number of aromatic nitrogens is 1. The van der Waals surface area contributed by atoms with E-state index in [4.69, 9.17) is 15.2 Å². The van der Waals surface area contributed by atoms with Crippen LogP contribution in [0.4, 0.5) is 0 Å². The monoisotopic (exact) mass is 246 g/mol. The molecule has 0 aliphatic rings. The maximum Gasteiger partial charge on any atom is 0.221 e. The van der Waals surface area contributed by atoms with Crippen molar-refractivity contribution >= 4 is 10.8 Å². The summed E-state index contributed by atoms with van der Waals surface area (Å²) in [7, 11) is 1.65. The van der Waals surface area contributed by atoms with Crippen molar-refractivity contribution in [3.63, 3.8) is 0 Å². The van der Waals surface area contributed by atoms with E-state index in [1.165, 1.54) is 0 Å². The quantitative estimate of drug-likeness (QED) is 0.899. The third-order valence-corrected chi connectivity index (χ3v) is 2.53. The van der Waals surface area contributed by atoms with Gasteiger partial charge in [-0.2, -0.15) is 0 Å². The fraction of sp³-hybridized carbons (Fsp3) is 0.357. The smallest absolute Gasteiger partial charge is 0.221 e. The van der Waals surface area contributed by atoms with Crippen LogP contribution in [0.3, 0.4) is 0 Å². The molecule has 0 bridgehead atoms. The highest BCUT2D eigenvalue weighted by molar-refractivity contribution is 5.91. The molecule has 1 aromatic carbocycles. The summed E-state index contributed by atoms with van der Waals surface area (Å²) >= 11 is 0. The van der Waals surface area contributed by atoms with Crippen molar-refractivity contribution < 1.29 is 9.47 Å². The normalized spacial score (nSPS) is 11.6. The minimum absolute atomic E-state index is 0.386. The van der Waals surface area contributed by atoms with Crippen LogP contribution in [0, 0.1) is 0 Å². The number of pyridine rings is 1. The number of hydrogen-bond acceptors (Lipinski definition) is 4. The predicted octanol–water partition coefficient (Wildman–Crippen LogP) is 2.36. The summed E-state index contributed by atoms with van der Waals surface area (Å²) in [5.41, 5.74) is 5.52. The highest BCUT2D eigenvalue weighted by Crippen LogP contribution is 2.30. The van der Waals surface area contributed by atoms with E-state index in [2.05, 4.69) is 4.98 Å². The van der Waals surface area contributed by atoms with Crippen LogP contribution in [0.5, 0.6) is 11.6 Å². The molecule has 0 fully saturated rings. The van der Waals surface area contributed by atoms with Crippen molar-refractivity contribution in [1.82, 2.24) is 4.98 Å². The van der Waals surface area contributed by atoms with Crippen LogP contribution in [0.1, 0.15) is 13.8 Å². The Bertz CT molecular complexity index is 547. The molecule has 1 aromatic heterocycles. The van der Waals surface area contributed by atoms with Gasteiger partial charge in [0.25, 0.3) is 0 Å². The number of ether oxygens (including phenoxy) is 2. The first-order valence-electron chi connectivity index (χ1n) is 5.85. The van der Waals surface area contributed by atoms with E-state index in [1.54, 1.807) is 13.3 Å². The van der Waals surface area contributed by atoms with Crippen molar-refractivity contribution in [3.05, 3.63) is 30.5 Å². The third kappa shape index (κ3) is 2.71. The van der Waals surface area contributed by atoms with Gasteiger partial charge in [-0.1, -0.05) is 6.07 Å². The van der Waals surface area contributed by atoms with Gasteiger partial charge in [0.1, 0.15) is 12.4 Å². The Morgan fingerprint density at radius 1 is 1.22 bits per heavy atom. The number of hydrogen-bond donors (Lipinski definition) is 1. The maximum atomic E-state index is 5.91. The van der Waals surface area contributed by atoms with Crippen LogP contribution in [0.15, 0.2) is 30.5 Å². The summed E-state index contributed by atoms with van der Waals surface area (Å²) in [6.07, 6.45) is 1.71. The van der Waals surface area contributed by atoms with Gasteiger partial charge >= 0.3 is 0 Å². The van der Waals surface area contributed by atoms with Gasteiger partial charge in [-0.05, 0) is 32.0 Å². The maximum absolute atomic E-state index is 5.91. The average molecular weight is 246 g/mol. The first kappa shape index (κ1) is 12.6. The van der Waals surface area contributed by atoms with Gasteiger partial charge in [-0.3, -0.25) is 0 Å². The molecule has 0 aliphatic carbocycles. The molecule has 2 N–H and O–H groups in total. The van der Waals surface area contributed by atoms with E-state index >= 15 is 0 Å². The summed E-state index contributed by atoms with van der Waals surface area (Å²) in [6, 6.07) is 7.71. The zero-order valence-corrected chi connectivity index (χ0v) is 10.9. The second kappa shape index (κ2) is 4.82. The van der Waals surface area contributed by atoms with Crippen LogP contribution in [0.2, 0.25) is 0 Å². The van der Waals surface area contributed by atoms with Gasteiger partial charge in [0.2, 0.25) is 5.88 Å². The molecule has 0 spiro atoms. The van der Waals surface area contributed by atoms with Gasteiger partial charge in [-0.15, -0.1) is 0 Å². The Kier molecular flexibility index (Phi) is 3.39. The number of fused-ring (bicyclic) bond motifs is 1. The fourth-order valence-electron chi connectivity index (χ4n) is 1.70. The Hall–Kier alpha value is -1.81. The molecule has 0 radical (unpaired) electrons. The Morgan fingerprint density at radius 2 is 2.00 bits per heavy atom. The molecule has 4 heteroatoms. The minimum atomic E-state index is -0.386. The molecule has 4 nitrogen and oxygen atoms in total. The molecule has 2 rings (SSSR count). The van der Waals surface area contributed by atoms with Crippen molar-refractivity contribution in [1.29, 1.82) is 0 Å². The Morgan fingerprint density at radius 3 is 2.67 bits per heavy atom. The average Bonchev–Trinajstić information content (AvgIpc) is 2.34. The van der Waals surface area contributed by atoms with E-state index in [9.17, 15) is 0 Å². The topological polar surface area (TPSA) is 57.4 Å². The lowest BCUT2D eigenvalue weighted by Crippen LogP contribution is -2.38. The van der Waals surface area contributed by atoms with Crippen LogP contribution in [0.25, 0.3) is 10.8 Å². The summed E-state index contributed by atoms with van der Waals surface area (Å²) in [6.45, 7) is 4.24. The highest BCUT2D eigenvalue weighted by atomic mass is 16.5. The van der Waals surface area contributed by atoms with Gasteiger partial charge < -0.3 is 15.2 Å². The standard InChI is InChI=1S/C14H18N2O2/c1-14(2,15)9-18-13-11-5-4-6-12(17-3)10(11)7-8-16-13/h4-8H,9,15H2,1-3H3. The van der Waals surface area contributed by atoms with E-state index < -0.39 is 0 Å². The molecule has 0 saturated heterocycles. The van der Waals surface area contributed by atoms with Crippen LogP contribution < -0.4 is 15.2 Å². The van der Waals surface area contributed by atoms with Crippen molar-refractivity contribution in [2.75, 3.05) is 13.7 Å². The molecule has 0 atom stereocenters.